The van der Waals surface area contributed by atoms with E-state index >= 15 is 0 Å². The molecule has 1 aliphatic heterocycles. The molecule has 2 aromatic carbocycles. The monoisotopic (exact) mass is 275 g/mol. The fraction of sp³-hybridized carbons (Fsp3) is 0.250. The summed E-state index contributed by atoms with van der Waals surface area (Å²) in [6.45, 7) is 0.525. The number of ether oxygens (including phenoxy) is 1. The summed E-state index contributed by atoms with van der Waals surface area (Å²) in [4.78, 5) is 0. The fourth-order valence-electron chi connectivity index (χ4n) is 2.68. The summed E-state index contributed by atoms with van der Waals surface area (Å²) in [5.41, 5.74) is 7.48. The standard InChI is InChI=1S/C16H15F2NO/c17-13-6-5-11(9-14(13)18)10-16(19)7-8-20-15-4-2-1-3-12(15)16/h1-6,9H,7-8,10,19H2. The van der Waals surface area contributed by atoms with Gasteiger partial charge in [-0.15, -0.1) is 0 Å². The Morgan fingerprint density at radius 2 is 1.90 bits per heavy atom. The molecule has 4 heteroatoms. The molecular weight excluding hydrogens is 260 g/mol. The maximum Gasteiger partial charge on any atom is 0.159 e. The number of fused-ring (bicyclic) bond motifs is 1. The van der Waals surface area contributed by atoms with E-state index in [0.717, 1.165) is 17.4 Å². The molecule has 0 saturated heterocycles. The quantitative estimate of drug-likeness (QED) is 0.913. The lowest BCUT2D eigenvalue weighted by Crippen LogP contribution is -2.43. The van der Waals surface area contributed by atoms with Crippen molar-refractivity contribution in [1.82, 2.24) is 0 Å². The van der Waals surface area contributed by atoms with Gasteiger partial charge in [0.2, 0.25) is 0 Å². The molecule has 0 aromatic heterocycles. The molecule has 0 fully saturated rings. The van der Waals surface area contributed by atoms with Crippen molar-refractivity contribution < 1.29 is 13.5 Å². The molecule has 0 saturated carbocycles. The zero-order chi connectivity index (χ0) is 14.2. The Hall–Kier alpha value is -1.94. The Morgan fingerprint density at radius 1 is 1.10 bits per heavy atom. The van der Waals surface area contributed by atoms with Crippen LogP contribution in [0.3, 0.4) is 0 Å². The van der Waals surface area contributed by atoms with Crippen LogP contribution < -0.4 is 10.5 Å². The van der Waals surface area contributed by atoms with Crippen molar-refractivity contribution in [2.24, 2.45) is 5.73 Å². The lowest BCUT2D eigenvalue weighted by Gasteiger charge is -2.35. The van der Waals surface area contributed by atoms with Gasteiger partial charge in [0.05, 0.1) is 12.1 Å². The summed E-state index contributed by atoms with van der Waals surface area (Å²) in [6, 6.07) is 11.5. The summed E-state index contributed by atoms with van der Waals surface area (Å²) in [5.74, 6) is -0.914. The van der Waals surface area contributed by atoms with Gasteiger partial charge in [-0.3, -0.25) is 0 Å². The predicted molar refractivity (Wildman–Crippen MR) is 72.5 cm³/mol. The van der Waals surface area contributed by atoms with Gasteiger partial charge in [0.15, 0.2) is 11.6 Å². The van der Waals surface area contributed by atoms with Gasteiger partial charge in [-0.2, -0.15) is 0 Å². The van der Waals surface area contributed by atoms with Crippen LogP contribution in [0.5, 0.6) is 5.75 Å². The second-order valence-electron chi connectivity index (χ2n) is 5.18. The number of hydrogen-bond acceptors (Lipinski definition) is 2. The molecule has 1 unspecified atom stereocenters. The Morgan fingerprint density at radius 3 is 2.70 bits per heavy atom. The van der Waals surface area contributed by atoms with Gasteiger partial charge in [0.25, 0.3) is 0 Å². The summed E-state index contributed by atoms with van der Waals surface area (Å²) >= 11 is 0. The summed E-state index contributed by atoms with van der Waals surface area (Å²) < 4.78 is 31.9. The molecule has 0 spiro atoms. The molecule has 104 valence electrons. The number of para-hydroxylation sites is 1. The highest BCUT2D eigenvalue weighted by atomic mass is 19.2. The molecule has 2 aromatic rings. The molecule has 0 aliphatic carbocycles. The van der Waals surface area contributed by atoms with E-state index in [-0.39, 0.29) is 0 Å². The van der Waals surface area contributed by atoms with Gasteiger partial charge >= 0.3 is 0 Å². The Labute approximate surface area is 116 Å². The first-order valence-electron chi connectivity index (χ1n) is 6.54. The van der Waals surface area contributed by atoms with Crippen molar-refractivity contribution in [1.29, 1.82) is 0 Å². The van der Waals surface area contributed by atoms with Gasteiger partial charge < -0.3 is 10.5 Å². The van der Waals surface area contributed by atoms with Gasteiger partial charge in [0, 0.05) is 12.0 Å². The fourth-order valence-corrected chi connectivity index (χ4v) is 2.68. The van der Waals surface area contributed by atoms with Crippen LogP contribution >= 0.6 is 0 Å². The number of halogens is 2. The van der Waals surface area contributed by atoms with E-state index in [1.54, 1.807) is 6.07 Å². The van der Waals surface area contributed by atoms with E-state index in [1.807, 2.05) is 24.3 Å². The topological polar surface area (TPSA) is 35.2 Å². The average molecular weight is 275 g/mol. The van der Waals surface area contributed by atoms with Gasteiger partial charge in [-0.05, 0) is 30.2 Å². The molecule has 1 atom stereocenters. The number of hydrogen-bond donors (Lipinski definition) is 1. The molecule has 1 heterocycles. The third-order valence-electron chi connectivity index (χ3n) is 3.73. The highest BCUT2D eigenvalue weighted by Crippen LogP contribution is 2.37. The number of rotatable bonds is 2. The van der Waals surface area contributed by atoms with Crippen LogP contribution in [0.15, 0.2) is 42.5 Å². The number of benzene rings is 2. The predicted octanol–water partition coefficient (Wildman–Crippen LogP) is 3.14. The SMILES string of the molecule is NC1(Cc2ccc(F)c(F)c2)CCOc2ccccc21. The molecule has 1 aliphatic rings. The molecule has 2 nitrogen and oxygen atoms in total. The van der Waals surface area contributed by atoms with E-state index in [1.165, 1.54) is 6.07 Å². The van der Waals surface area contributed by atoms with Crippen molar-refractivity contribution >= 4 is 0 Å². The Kier molecular flexibility index (Phi) is 3.18. The summed E-state index contributed by atoms with van der Waals surface area (Å²) in [6.07, 6.45) is 1.09. The van der Waals surface area contributed by atoms with E-state index in [4.69, 9.17) is 10.5 Å². The zero-order valence-corrected chi connectivity index (χ0v) is 10.9. The second kappa shape index (κ2) is 4.87. The van der Waals surface area contributed by atoms with Crippen molar-refractivity contribution in [3.63, 3.8) is 0 Å². The highest BCUT2D eigenvalue weighted by Gasteiger charge is 2.34. The van der Waals surface area contributed by atoms with Crippen LogP contribution in [0.2, 0.25) is 0 Å². The van der Waals surface area contributed by atoms with Crippen LogP contribution in [0.25, 0.3) is 0 Å². The molecule has 0 amide bonds. The van der Waals surface area contributed by atoms with Gasteiger partial charge in [-0.25, -0.2) is 8.78 Å². The first-order chi connectivity index (χ1) is 9.58. The second-order valence-corrected chi connectivity index (χ2v) is 5.18. The number of nitrogens with two attached hydrogens (primary N) is 1. The van der Waals surface area contributed by atoms with E-state index in [9.17, 15) is 8.78 Å². The molecule has 20 heavy (non-hydrogen) atoms. The van der Waals surface area contributed by atoms with Gasteiger partial charge in [0.1, 0.15) is 5.75 Å². The van der Waals surface area contributed by atoms with Crippen molar-refractivity contribution in [2.75, 3.05) is 6.61 Å². The molecule has 0 bridgehead atoms. The van der Waals surface area contributed by atoms with Crippen molar-refractivity contribution in [3.05, 3.63) is 65.2 Å². The largest absolute Gasteiger partial charge is 0.493 e. The van der Waals surface area contributed by atoms with E-state index < -0.39 is 17.2 Å². The third-order valence-corrected chi connectivity index (χ3v) is 3.73. The molecule has 0 radical (unpaired) electrons. The normalized spacial score (nSPS) is 21.1. The molecule has 3 rings (SSSR count). The van der Waals surface area contributed by atoms with Crippen LogP contribution in [0.4, 0.5) is 8.78 Å². The smallest absolute Gasteiger partial charge is 0.159 e. The van der Waals surface area contributed by atoms with Crippen molar-refractivity contribution in [3.8, 4) is 5.75 Å². The van der Waals surface area contributed by atoms with Gasteiger partial charge in [-0.1, -0.05) is 24.3 Å². The maximum absolute atomic E-state index is 13.3. The van der Waals surface area contributed by atoms with Crippen LogP contribution in [0, 0.1) is 11.6 Å². The minimum atomic E-state index is -0.841. The maximum atomic E-state index is 13.3. The van der Waals surface area contributed by atoms with E-state index in [0.29, 0.717) is 25.0 Å². The highest BCUT2D eigenvalue weighted by molar-refractivity contribution is 5.42. The molecular formula is C16H15F2NO. The van der Waals surface area contributed by atoms with Crippen LogP contribution in [-0.4, -0.2) is 6.61 Å². The van der Waals surface area contributed by atoms with Crippen LogP contribution in [0.1, 0.15) is 17.5 Å². The lowest BCUT2D eigenvalue weighted by atomic mass is 9.80. The Bertz CT molecular complexity index is 644. The minimum absolute atomic E-state index is 0.449. The Balaban J connectivity index is 1.95. The van der Waals surface area contributed by atoms with Crippen LogP contribution in [-0.2, 0) is 12.0 Å². The first kappa shape index (κ1) is 13.1. The van der Waals surface area contributed by atoms with Crippen molar-refractivity contribution in [2.45, 2.75) is 18.4 Å². The van der Waals surface area contributed by atoms with E-state index in [2.05, 4.69) is 0 Å². The third kappa shape index (κ3) is 2.27. The first-order valence-corrected chi connectivity index (χ1v) is 6.54. The summed E-state index contributed by atoms with van der Waals surface area (Å²) in [7, 11) is 0. The summed E-state index contributed by atoms with van der Waals surface area (Å²) in [5, 5.41) is 0. The minimum Gasteiger partial charge on any atom is -0.493 e. The zero-order valence-electron chi connectivity index (χ0n) is 10.9. The average Bonchev–Trinajstić information content (AvgIpc) is 2.43. The lowest BCUT2D eigenvalue weighted by molar-refractivity contribution is 0.215. The molecule has 2 N–H and O–H groups in total.